The summed E-state index contributed by atoms with van der Waals surface area (Å²) in [6.07, 6.45) is 0. The van der Waals surface area contributed by atoms with E-state index in [1.54, 1.807) is 18.2 Å². The number of furan rings is 1. The summed E-state index contributed by atoms with van der Waals surface area (Å²) in [7, 11) is 0. The Morgan fingerprint density at radius 2 is 1.82 bits per heavy atom. The van der Waals surface area contributed by atoms with Crippen molar-refractivity contribution in [3.8, 4) is 11.4 Å². The molecule has 0 aliphatic carbocycles. The molecule has 5 rings (SSSR count). The van der Waals surface area contributed by atoms with Gasteiger partial charge in [-0.3, -0.25) is 4.79 Å². The van der Waals surface area contributed by atoms with Crippen LogP contribution in [0.3, 0.4) is 0 Å². The summed E-state index contributed by atoms with van der Waals surface area (Å²) in [5, 5.41) is 4.13. The molecule has 3 aromatic carbocycles. The number of nitrogens with zero attached hydrogens (tertiary/aromatic N) is 1. The number of imidazole rings is 1. The number of carbonyl (C=O) groups excluding carboxylic acids is 1. The maximum absolute atomic E-state index is 12.6. The highest BCUT2D eigenvalue weighted by Crippen LogP contribution is 2.29. The number of halogens is 1. The van der Waals surface area contributed by atoms with Crippen molar-refractivity contribution in [3.63, 3.8) is 0 Å². The molecule has 0 unspecified atom stereocenters. The van der Waals surface area contributed by atoms with E-state index in [0.717, 1.165) is 22.0 Å². The van der Waals surface area contributed by atoms with Crippen LogP contribution in [0.4, 0.5) is 5.69 Å². The van der Waals surface area contributed by atoms with Crippen molar-refractivity contribution in [2.45, 2.75) is 0 Å². The fourth-order valence-corrected chi connectivity index (χ4v) is 3.30. The summed E-state index contributed by atoms with van der Waals surface area (Å²) in [4.78, 5) is 20.5. The molecule has 1 amide bonds. The van der Waals surface area contributed by atoms with E-state index in [1.807, 2.05) is 54.6 Å². The Kier molecular flexibility index (Phi) is 3.88. The predicted octanol–water partition coefficient (Wildman–Crippen LogP) is 5.88. The molecular formula is C22H14ClN3O2. The van der Waals surface area contributed by atoms with Crippen LogP contribution < -0.4 is 5.32 Å². The zero-order chi connectivity index (χ0) is 19.1. The van der Waals surface area contributed by atoms with Crippen molar-refractivity contribution in [1.82, 2.24) is 9.97 Å². The van der Waals surface area contributed by atoms with Crippen LogP contribution in [0.2, 0.25) is 5.02 Å². The zero-order valence-electron chi connectivity index (χ0n) is 14.6. The van der Waals surface area contributed by atoms with Gasteiger partial charge in [0.2, 0.25) is 0 Å². The van der Waals surface area contributed by atoms with Gasteiger partial charge in [-0.15, -0.1) is 0 Å². The van der Waals surface area contributed by atoms with Crippen LogP contribution >= 0.6 is 11.6 Å². The lowest BCUT2D eigenvalue weighted by molar-refractivity contribution is 0.0998. The Bertz CT molecular complexity index is 1270. The Labute approximate surface area is 165 Å². The molecule has 5 aromatic rings. The van der Waals surface area contributed by atoms with E-state index in [1.165, 1.54) is 0 Å². The molecule has 0 atom stereocenters. The third-order valence-electron chi connectivity index (χ3n) is 4.53. The number of fused-ring (bicyclic) bond motifs is 2. The van der Waals surface area contributed by atoms with Crippen LogP contribution in [0.15, 0.2) is 77.2 Å². The minimum absolute atomic E-state index is 0.228. The molecule has 2 N–H and O–H groups in total. The lowest BCUT2D eigenvalue weighted by Crippen LogP contribution is -2.11. The molecule has 6 heteroatoms. The highest BCUT2D eigenvalue weighted by molar-refractivity contribution is 6.34. The van der Waals surface area contributed by atoms with Crippen molar-refractivity contribution in [2.75, 3.05) is 5.32 Å². The maximum Gasteiger partial charge on any atom is 0.291 e. The van der Waals surface area contributed by atoms with Crippen molar-refractivity contribution >= 4 is 45.2 Å². The first kappa shape index (κ1) is 16.6. The van der Waals surface area contributed by atoms with Crippen LogP contribution in [-0.4, -0.2) is 15.9 Å². The molecule has 0 aliphatic heterocycles. The highest BCUT2D eigenvalue weighted by Gasteiger charge is 2.15. The smallest absolute Gasteiger partial charge is 0.291 e. The van der Waals surface area contributed by atoms with E-state index < -0.39 is 0 Å². The minimum Gasteiger partial charge on any atom is -0.451 e. The lowest BCUT2D eigenvalue weighted by atomic mass is 10.2. The quantitative estimate of drug-likeness (QED) is 0.406. The number of amides is 1. The van der Waals surface area contributed by atoms with Gasteiger partial charge in [0.15, 0.2) is 5.76 Å². The van der Waals surface area contributed by atoms with E-state index in [9.17, 15) is 4.79 Å². The molecule has 2 aromatic heterocycles. The van der Waals surface area contributed by atoms with Gasteiger partial charge in [-0.25, -0.2) is 4.98 Å². The SMILES string of the molecule is O=C(Nc1cc(-c2nc3ccccc3[nH]2)ccc1Cl)c1cc2ccccc2o1. The van der Waals surface area contributed by atoms with Crippen LogP contribution in [-0.2, 0) is 0 Å². The number of hydrogen-bond acceptors (Lipinski definition) is 3. The average Bonchev–Trinajstić information content (AvgIpc) is 3.33. The van der Waals surface area contributed by atoms with Crippen molar-refractivity contribution in [3.05, 3.63) is 83.6 Å². The summed E-state index contributed by atoms with van der Waals surface area (Å²) in [5.74, 6) is 0.573. The molecule has 0 radical (unpaired) electrons. The number of para-hydroxylation sites is 3. The number of nitrogens with one attached hydrogen (secondary N) is 2. The molecule has 0 saturated carbocycles. The second kappa shape index (κ2) is 6.55. The van der Waals surface area contributed by atoms with Crippen molar-refractivity contribution in [1.29, 1.82) is 0 Å². The topological polar surface area (TPSA) is 70.9 Å². The fraction of sp³-hybridized carbons (Fsp3) is 0. The summed E-state index contributed by atoms with van der Waals surface area (Å²) < 4.78 is 5.62. The molecule has 0 spiro atoms. The second-order valence-electron chi connectivity index (χ2n) is 6.40. The molecule has 0 fully saturated rings. The van der Waals surface area contributed by atoms with Crippen LogP contribution in [0.25, 0.3) is 33.4 Å². The normalized spacial score (nSPS) is 11.2. The van der Waals surface area contributed by atoms with E-state index in [2.05, 4.69) is 15.3 Å². The Morgan fingerprint density at radius 1 is 1.00 bits per heavy atom. The summed E-state index contributed by atoms with van der Waals surface area (Å²) in [5.41, 5.74) is 3.79. The number of rotatable bonds is 3. The van der Waals surface area contributed by atoms with Gasteiger partial charge >= 0.3 is 0 Å². The number of aromatic nitrogens is 2. The van der Waals surface area contributed by atoms with Crippen LogP contribution in [0.5, 0.6) is 0 Å². The molecule has 136 valence electrons. The van der Waals surface area contributed by atoms with E-state index >= 15 is 0 Å². The van der Waals surface area contributed by atoms with Gasteiger partial charge in [0.25, 0.3) is 5.91 Å². The van der Waals surface area contributed by atoms with Crippen LogP contribution in [0, 0.1) is 0 Å². The molecule has 28 heavy (non-hydrogen) atoms. The van der Waals surface area contributed by atoms with Gasteiger partial charge < -0.3 is 14.7 Å². The molecule has 0 aliphatic rings. The summed E-state index contributed by atoms with van der Waals surface area (Å²) in [6, 6.07) is 22.4. The number of carbonyl (C=O) groups is 1. The van der Waals surface area contributed by atoms with Crippen LogP contribution in [0.1, 0.15) is 10.6 Å². The number of hydrogen-bond donors (Lipinski definition) is 2. The standard InChI is InChI=1S/C22H14ClN3O2/c23-15-10-9-14(21-24-16-6-2-3-7-17(16)25-21)11-18(15)26-22(27)20-12-13-5-1-4-8-19(13)28-20/h1-12H,(H,24,25)(H,26,27). The van der Waals surface area contributed by atoms with E-state index in [4.69, 9.17) is 16.0 Å². The third-order valence-corrected chi connectivity index (χ3v) is 4.86. The molecule has 0 saturated heterocycles. The third kappa shape index (κ3) is 2.92. The number of anilines is 1. The van der Waals surface area contributed by atoms with Gasteiger partial charge in [0.1, 0.15) is 11.4 Å². The number of benzene rings is 3. The van der Waals surface area contributed by atoms with Crippen molar-refractivity contribution < 1.29 is 9.21 Å². The van der Waals surface area contributed by atoms with Gasteiger partial charge in [0.05, 0.1) is 21.7 Å². The van der Waals surface area contributed by atoms with Gasteiger partial charge in [-0.1, -0.05) is 41.9 Å². The van der Waals surface area contributed by atoms with Gasteiger partial charge in [-0.2, -0.15) is 0 Å². The summed E-state index contributed by atoms with van der Waals surface area (Å²) in [6.45, 7) is 0. The minimum atomic E-state index is -0.361. The molecule has 2 heterocycles. The summed E-state index contributed by atoms with van der Waals surface area (Å²) >= 11 is 6.30. The Morgan fingerprint density at radius 3 is 2.68 bits per heavy atom. The molecule has 0 bridgehead atoms. The van der Waals surface area contributed by atoms with E-state index in [-0.39, 0.29) is 11.7 Å². The predicted molar refractivity (Wildman–Crippen MR) is 111 cm³/mol. The Hall–Kier alpha value is -3.57. The first-order valence-electron chi connectivity index (χ1n) is 8.72. The zero-order valence-corrected chi connectivity index (χ0v) is 15.3. The van der Waals surface area contributed by atoms with Gasteiger partial charge in [-0.05, 0) is 42.5 Å². The van der Waals surface area contributed by atoms with Crippen molar-refractivity contribution in [2.24, 2.45) is 0 Å². The van der Waals surface area contributed by atoms with E-state index in [0.29, 0.717) is 22.1 Å². The monoisotopic (exact) mass is 387 g/mol. The first-order chi connectivity index (χ1) is 13.7. The molecular weight excluding hydrogens is 374 g/mol. The maximum atomic E-state index is 12.6. The average molecular weight is 388 g/mol. The largest absolute Gasteiger partial charge is 0.451 e. The van der Waals surface area contributed by atoms with Gasteiger partial charge in [0, 0.05) is 10.9 Å². The Balaban J connectivity index is 1.47. The number of aromatic amines is 1. The second-order valence-corrected chi connectivity index (χ2v) is 6.81. The molecule has 5 nitrogen and oxygen atoms in total. The highest BCUT2D eigenvalue weighted by atomic mass is 35.5. The number of H-pyrrole nitrogens is 1. The first-order valence-corrected chi connectivity index (χ1v) is 9.10. The lowest BCUT2D eigenvalue weighted by Gasteiger charge is -2.07. The fourth-order valence-electron chi connectivity index (χ4n) is 3.14.